The lowest BCUT2D eigenvalue weighted by Crippen LogP contribution is -2.31. The molecule has 1 aromatic heterocycles. The normalized spacial score (nSPS) is 23.7. The molecule has 2 aliphatic rings. The van der Waals surface area contributed by atoms with Crippen LogP contribution in [0.4, 0.5) is 0 Å². The Hall–Kier alpha value is -1.20. The van der Waals surface area contributed by atoms with Crippen LogP contribution in [-0.4, -0.2) is 33.8 Å². The van der Waals surface area contributed by atoms with Crippen molar-refractivity contribution in [2.24, 2.45) is 7.05 Å². The zero-order valence-electron chi connectivity index (χ0n) is 9.35. The minimum atomic E-state index is -0.349. The van der Waals surface area contributed by atoms with E-state index in [0.29, 0.717) is 13.2 Å². The van der Waals surface area contributed by atoms with Gasteiger partial charge in [0.1, 0.15) is 6.33 Å². The summed E-state index contributed by atoms with van der Waals surface area (Å²) in [4.78, 5) is 4.26. The van der Waals surface area contributed by atoms with E-state index in [1.807, 2.05) is 7.05 Å². The summed E-state index contributed by atoms with van der Waals surface area (Å²) in [6.45, 7) is 1.43. The van der Waals surface area contributed by atoms with Gasteiger partial charge in [0.25, 0.3) is 0 Å². The number of aromatic nitrogens is 3. The molecule has 0 aromatic carbocycles. The highest BCUT2D eigenvalue weighted by atomic mass is 16.7. The van der Waals surface area contributed by atoms with E-state index < -0.39 is 0 Å². The average Bonchev–Trinajstić information content (AvgIpc) is 2.90. The lowest BCUT2D eigenvalue weighted by Gasteiger charge is -2.29. The van der Waals surface area contributed by atoms with Crippen LogP contribution < -0.4 is 0 Å². The number of ether oxygens (including phenoxy) is 2. The van der Waals surface area contributed by atoms with Gasteiger partial charge in [-0.3, -0.25) is 4.68 Å². The second kappa shape index (κ2) is 3.68. The van der Waals surface area contributed by atoms with Gasteiger partial charge in [0.15, 0.2) is 11.6 Å². The Labute approximate surface area is 94.1 Å². The number of rotatable bonds is 1. The number of nitrogens with zero attached hydrogens (tertiary/aromatic N) is 3. The predicted molar refractivity (Wildman–Crippen MR) is 57.5 cm³/mol. The zero-order valence-corrected chi connectivity index (χ0v) is 9.35. The highest BCUT2D eigenvalue weighted by Crippen LogP contribution is 2.37. The van der Waals surface area contributed by atoms with Gasteiger partial charge in [-0.15, -0.1) is 0 Å². The van der Waals surface area contributed by atoms with Gasteiger partial charge in [-0.05, 0) is 12.0 Å². The van der Waals surface area contributed by atoms with Crippen molar-refractivity contribution >= 4 is 5.57 Å². The molecule has 0 atom stereocenters. The lowest BCUT2D eigenvalue weighted by molar-refractivity contribution is -0.159. The van der Waals surface area contributed by atoms with Gasteiger partial charge < -0.3 is 9.47 Å². The molecular weight excluding hydrogens is 206 g/mol. The monoisotopic (exact) mass is 221 g/mol. The molecule has 16 heavy (non-hydrogen) atoms. The van der Waals surface area contributed by atoms with Gasteiger partial charge in [0, 0.05) is 19.9 Å². The molecule has 1 aromatic rings. The summed E-state index contributed by atoms with van der Waals surface area (Å²) < 4.78 is 13.0. The van der Waals surface area contributed by atoms with Crippen LogP contribution in [-0.2, 0) is 16.5 Å². The molecule has 0 radical (unpaired) electrons. The van der Waals surface area contributed by atoms with Gasteiger partial charge in [0.2, 0.25) is 0 Å². The van der Waals surface area contributed by atoms with Crippen molar-refractivity contribution in [2.75, 3.05) is 13.2 Å². The summed E-state index contributed by atoms with van der Waals surface area (Å²) in [5.41, 5.74) is 1.20. The molecule has 0 amide bonds. The minimum Gasteiger partial charge on any atom is -0.347 e. The summed E-state index contributed by atoms with van der Waals surface area (Å²) in [5.74, 6) is 0.480. The minimum absolute atomic E-state index is 0.349. The maximum atomic E-state index is 5.66. The van der Waals surface area contributed by atoms with Gasteiger partial charge >= 0.3 is 0 Å². The third kappa shape index (κ3) is 1.66. The van der Waals surface area contributed by atoms with Crippen LogP contribution in [0.15, 0.2) is 12.4 Å². The Bertz CT molecular complexity index is 419. The van der Waals surface area contributed by atoms with E-state index in [1.54, 1.807) is 11.0 Å². The Balaban J connectivity index is 1.78. The summed E-state index contributed by atoms with van der Waals surface area (Å²) in [6.07, 6.45) is 6.49. The number of aryl methyl sites for hydroxylation is 1. The van der Waals surface area contributed by atoms with Crippen molar-refractivity contribution in [3.05, 3.63) is 18.2 Å². The maximum Gasteiger partial charge on any atom is 0.176 e. The number of allylic oxidation sites excluding steroid dienone is 1. The Kier molecular flexibility index (Phi) is 2.29. The van der Waals surface area contributed by atoms with Crippen LogP contribution in [0.2, 0.25) is 0 Å². The maximum absolute atomic E-state index is 5.66. The molecule has 1 aliphatic heterocycles. The van der Waals surface area contributed by atoms with Gasteiger partial charge in [-0.2, -0.15) is 5.10 Å². The third-order valence-corrected chi connectivity index (χ3v) is 3.14. The van der Waals surface area contributed by atoms with E-state index >= 15 is 0 Å². The zero-order chi connectivity index (χ0) is 11.0. The van der Waals surface area contributed by atoms with E-state index in [2.05, 4.69) is 16.2 Å². The summed E-state index contributed by atoms with van der Waals surface area (Å²) >= 11 is 0. The van der Waals surface area contributed by atoms with E-state index in [0.717, 1.165) is 25.1 Å². The molecule has 0 N–H and O–H groups in total. The van der Waals surface area contributed by atoms with Crippen LogP contribution >= 0.6 is 0 Å². The van der Waals surface area contributed by atoms with E-state index in [1.165, 1.54) is 5.57 Å². The standard InChI is InChI=1S/C11H15N3O2/c1-14-8-12-10(13-14)9-2-4-11(5-3-9)15-6-7-16-11/h2,8H,3-7H2,1H3. The van der Waals surface area contributed by atoms with Gasteiger partial charge in [-0.1, -0.05) is 6.08 Å². The number of hydrogen-bond donors (Lipinski definition) is 0. The average molecular weight is 221 g/mol. The van der Waals surface area contributed by atoms with Crippen LogP contribution in [0.1, 0.15) is 25.1 Å². The number of hydrogen-bond acceptors (Lipinski definition) is 4. The first-order valence-corrected chi connectivity index (χ1v) is 5.60. The van der Waals surface area contributed by atoms with Crippen molar-refractivity contribution in [1.29, 1.82) is 0 Å². The molecule has 1 spiro atoms. The summed E-state index contributed by atoms with van der Waals surface area (Å²) in [6, 6.07) is 0. The van der Waals surface area contributed by atoms with E-state index in [4.69, 9.17) is 9.47 Å². The fourth-order valence-electron chi connectivity index (χ4n) is 2.26. The molecular formula is C11H15N3O2. The van der Waals surface area contributed by atoms with Crippen LogP contribution in [0, 0.1) is 0 Å². The lowest BCUT2D eigenvalue weighted by atomic mass is 9.94. The quantitative estimate of drug-likeness (QED) is 0.713. The molecule has 1 saturated heterocycles. The largest absolute Gasteiger partial charge is 0.347 e. The first kappa shape index (κ1) is 9.99. The highest BCUT2D eigenvalue weighted by molar-refractivity contribution is 5.60. The molecule has 0 unspecified atom stereocenters. The van der Waals surface area contributed by atoms with Crippen molar-refractivity contribution in [3.8, 4) is 0 Å². The van der Waals surface area contributed by atoms with Crippen molar-refractivity contribution < 1.29 is 9.47 Å². The molecule has 0 saturated carbocycles. The van der Waals surface area contributed by atoms with Crippen molar-refractivity contribution in [3.63, 3.8) is 0 Å². The summed E-state index contributed by atoms with van der Waals surface area (Å²) in [5, 5.41) is 4.31. The molecule has 1 aliphatic carbocycles. The van der Waals surface area contributed by atoms with E-state index in [-0.39, 0.29) is 5.79 Å². The third-order valence-electron chi connectivity index (χ3n) is 3.14. The van der Waals surface area contributed by atoms with Crippen molar-refractivity contribution in [2.45, 2.75) is 25.0 Å². The topological polar surface area (TPSA) is 49.2 Å². The van der Waals surface area contributed by atoms with E-state index in [9.17, 15) is 0 Å². The molecule has 0 bridgehead atoms. The van der Waals surface area contributed by atoms with Crippen LogP contribution in [0.25, 0.3) is 5.57 Å². The van der Waals surface area contributed by atoms with Gasteiger partial charge in [-0.25, -0.2) is 4.98 Å². The first-order valence-electron chi connectivity index (χ1n) is 5.60. The SMILES string of the molecule is Cn1cnc(C2=CCC3(CC2)OCCO3)n1. The Morgan fingerprint density at radius 3 is 2.75 bits per heavy atom. The molecule has 3 rings (SSSR count). The fourth-order valence-corrected chi connectivity index (χ4v) is 2.26. The predicted octanol–water partition coefficient (Wildman–Crippen LogP) is 1.13. The molecule has 5 nitrogen and oxygen atoms in total. The molecule has 2 heterocycles. The van der Waals surface area contributed by atoms with Crippen LogP contribution in [0.3, 0.4) is 0 Å². The second-order valence-corrected chi connectivity index (χ2v) is 4.28. The second-order valence-electron chi connectivity index (χ2n) is 4.28. The van der Waals surface area contributed by atoms with Gasteiger partial charge in [0.05, 0.1) is 13.2 Å². The first-order chi connectivity index (χ1) is 7.77. The van der Waals surface area contributed by atoms with Crippen LogP contribution in [0.5, 0.6) is 0 Å². The Morgan fingerprint density at radius 2 is 2.19 bits per heavy atom. The molecule has 1 fully saturated rings. The highest BCUT2D eigenvalue weighted by Gasteiger charge is 2.38. The fraction of sp³-hybridized carbons (Fsp3) is 0.636. The smallest absolute Gasteiger partial charge is 0.176 e. The Morgan fingerprint density at radius 1 is 1.38 bits per heavy atom. The van der Waals surface area contributed by atoms with Crippen molar-refractivity contribution in [1.82, 2.24) is 14.8 Å². The summed E-state index contributed by atoms with van der Waals surface area (Å²) in [7, 11) is 1.88. The molecule has 86 valence electrons. The molecule has 5 heteroatoms.